The fourth-order valence-electron chi connectivity index (χ4n) is 2.90. The number of nitrogens with one attached hydrogen (secondary N) is 1. The Balaban J connectivity index is 1.73. The lowest BCUT2D eigenvalue weighted by Gasteiger charge is -2.13. The van der Waals surface area contributed by atoms with E-state index in [9.17, 15) is 14.9 Å². The molecule has 0 radical (unpaired) electrons. The van der Waals surface area contributed by atoms with Crippen LogP contribution in [0.15, 0.2) is 30.5 Å². The van der Waals surface area contributed by atoms with E-state index in [2.05, 4.69) is 10.3 Å². The molecule has 130 valence electrons. The smallest absolute Gasteiger partial charge is 0.270 e. The fourth-order valence-corrected chi connectivity index (χ4v) is 3.83. The highest BCUT2D eigenvalue weighted by Gasteiger charge is 2.16. The van der Waals surface area contributed by atoms with Crippen molar-refractivity contribution < 1.29 is 9.72 Å². The van der Waals surface area contributed by atoms with Gasteiger partial charge in [-0.1, -0.05) is 0 Å². The van der Waals surface area contributed by atoms with Gasteiger partial charge < -0.3 is 9.88 Å². The summed E-state index contributed by atoms with van der Waals surface area (Å²) in [6, 6.07) is 6.29. The lowest BCUT2D eigenvalue weighted by atomic mass is 10.2. The number of thiazole rings is 1. The second-order valence-electron chi connectivity index (χ2n) is 5.92. The van der Waals surface area contributed by atoms with Gasteiger partial charge in [0.05, 0.1) is 21.7 Å². The molecule has 1 aromatic carbocycles. The zero-order valence-electron chi connectivity index (χ0n) is 14.1. The summed E-state index contributed by atoms with van der Waals surface area (Å²) >= 11 is 1.58. The number of aromatic nitrogens is 2. The van der Waals surface area contributed by atoms with Crippen LogP contribution in [0.3, 0.4) is 0 Å². The molecule has 7 nitrogen and oxygen atoms in total. The van der Waals surface area contributed by atoms with E-state index < -0.39 is 4.92 Å². The molecule has 3 aromatic rings. The predicted molar refractivity (Wildman–Crippen MR) is 96.7 cm³/mol. The number of amides is 1. The molecule has 0 fully saturated rings. The maximum Gasteiger partial charge on any atom is 0.270 e. The molecule has 0 aliphatic rings. The molecule has 25 heavy (non-hydrogen) atoms. The second kappa shape index (κ2) is 6.64. The minimum atomic E-state index is -0.426. The van der Waals surface area contributed by atoms with Gasteiger partial charge in [0, 0.05) is 34.1 Å². The fraction of sp³-hybridized carbons (Fsp3) is 0.294. The van der Waals surface area contributed by atoms with Crippen molar-refractivity contribution in [1.82, 2.24) is 14.9 Å². The Bertz CT molecular complexity index is 960. The van der Waals surface area contributed by atoms with Crippen molar-refractivity contribution in [3.05, 3.63) is 56.2 Å². The van der Waals surface area contributed by atoms with Crippen LogP contribution in [0.25, 0.3) is 10.9 Å². The molecule has 0 bridgehead atoms. The third-order valence-corrected chi connectivity index (χ3v) is 5.25. The molecule has 3 rings (SSSR count). The van der Waals surface area contributed by atoms with Crippen LogP contribution in [0.2, 0.25) is 0 Å². The highest BCUT2D eigenvalue weighted by molar-refractivity contribution is 7.11. The zero-order chi connectivity index (χ0) is 18.1. The number of benzene rings is 1. The highest BCUT2D eigenvalue weighted by atomic mass is 32.1. The average Bonchev–Trinajstić information content (AvgIpc) is 3.09. The number of aryl methyl sites for hydroxylation is 2. The van der Waals surface area contributed by atoms with E-state index in [1.165, 1.54) is 12.1 Å². The molecule has 2 heterocycles. The summed E-state index contributed by atoms with van der Waals surface area (Å²) in [5.41, 5.74) is 1.77. The van der Waals surface area contributed by atoms with Crippen LogP contribution in [-0.4, -0.2) is 20.4 Å². The first-order valence-electron chi connectivity index (χ1n) is 7.81. The highest BCUT2D eigenvalue weighted by Crippen LogP contribution is 2.25. The molecule has 8 heteroatoms. The van der Waals surface area contributed by atoms with Crippen LogP contribution in [0.1, 0.15) is 28.5 Å². The molecule has 0 saturated carbocycles. The van der Waals surface area contributed by atoms with Gasteiger partial charge in [-0.2, -0.15) is 0 Å². The first-order valence-corrected chi connectivity index (χ1v) is 8.63. The molecule has 0 spiro atoms. The topological polar surface area (TPSA) is 90.1 Å². The molecule has 1 amide bonds. The van der Waals surface area contributed by atoms with Crippen molar-refractivity contribution in [3.63, 3.8) is 0 Å². The Morgan fingerprint density at radius 3 is 2.80 bits per heavy atom. The Kier molecular flexibility index (Phi) is 4.54. The monoisotopic (exact) mass is 358 g/mol. The van der Waals surface area contributed by atoms with Gasteiger partial charge in [-0.25, -0.2) is 4.98 Å². The van der Waals surface area contributed by atoms with Gasteiger partial charge in [0.1, 0.15) is 6.54 Å². The van der Waals surface area contributed by atoms with Crippen LogP contribution < -0.4 is 5.32 Å². The summed E-state index contributed by atoms with van der Waals surface area (Å²) < 4.78 is 1.78. The molecule has 0 saturated heterocycles. The SMILES string of the molecule is Cc1nc(C)c([C@@H](C)NC(=O)Cn2ccc3cc([N+](=O)[O-])ccc32)s1. The van der Waals surface area contributed by atoms with Crippen LogP contribution in [0.4, 0.5) is 5.69 Å². The summed E-state index contributed by atoms with van der Waals surface area (Å²) in [5, 5.41) is 15.5. The normalized spacial score (nSPS) is 12.3. The van der Waals surface area contributed by atoms with E-state index in [0.717, 1.165) is 26.5 Å². The van der Waals surface area contributed by atoms with E-state index in [4.69, 9.17) is 0 Å². The largest absolute Gasteiger partial charge is 0.347 e. The standard InChI is InChI=1S/C17H18N4O3S/c1-10-17(25-12(3)18-10)11(2)19-16(22)9-20-7-6-13-8-14(21(23)24)4-5-15(13)20/h4-8,11H,9H2,1-3H3,(H,19,22)/t11-/m1/s1. The molecule has 1 N–H and O–H groups in total. The number of rotatable bonds is 5. The van der Waals surface area contributed by atoms with Crippen LogP contribution in [0, 0.1) is 24.0 Å². The quantitative estimate of drug-likeness (QED) is 0.558. The van der Waals surface area contributed by atoms with Gasteiger partial charge in [-0.05, 0) is 32.9 Å². The summed E-state index contributed by atoms with van der Waals surface area (Å²) in [7, 11) is 0. The molecule has 0 unspecified atom stereocenters. The Hall–Kier alpha value is -2.74. The molecule has 1 atom stereocenters. The Morgan fingerprint density at radius 1 is 1.40 bits per heavy atom. The maximum atomic E-state index is 12.4. The third-order valence-electron chi connectivity index (χ3n) is 3.99. The van der Waals surface area contributed by atoms with Gasteiger partial charge in [-0.3, -0.25) is 14.9 Å². The zero-order valence-corrected chi connectivity index (χ0v) is 15.0. The summed E-state index contributed by atoms with van der Waals surface area (Å²) in [5.74, 6) is -0.117. The number of carbonyl (C=O) groups is 1. The minimum Gasteiger partial charge on any atom is -0.347 e. The lowest BCUT2D eigenvalue weighted by Crippen LogP contribution is -2.29. The number of nitro groups is 1. The van der Waals surface area contributed by atoms with Crippen molar-refractivity contribution in [2.45, 2.75) is 33.4 Å². The first-order chi connectivity index (χ1) is 11.8. The van der Waals surface area contributed by atoms with Crippen LogP contribution >= 0.6 is 11.3 Å². The predicted octanol–water partition coefficient (Wildman–Crippen LogP) is 3.50. The number of hydrogen-bond donors (Lipinski definition) is 1. The van der Waals surface area contributed by atoms with Crippen molar-refractivity contribution in [1.29, 1.82) is 0 Å². The van der Waals surface area contributed by atoms with Crippen LogP contribution in [0.5, 0.6) is 0 Å². The number of non-ortho nitro benzene ring substituents is 1. The number of nitro benzene ring substituents is 1. The van der Waals surface area contributed by atoms with Crippen molar-refractivity contribution >= 4 is 33.8 Å². The van der Waals surface area contributed by atoms with E-state index in [0.29, 0.717) is 0 Å². The molecule has 0 aliphatic heterocycles. The van der Waals surface area contributed by atoms with Crippen molar-refractivity contribution in [2.24, 2.45) is 0 Å². The number of hydrogen-bond acceptors (Lipinski definition) is 5. The van der Waals surface area contributed by atoms with E-state index >= 15 is 0 Å². The molecular formula is C17H18N4O3S. The molecule has 0 aliphatic carbocycles. The maximum absolute atomic E-state index is 12.4. The number of nitrogens with zero attached hydrogens (tertiary/aromatic N) is 3. The lowest BCUT2D eigenvalue weighted by molar-refractivity contribution is -0.384. The number of fused-ring (bicyclic) bond motifs is 1. The molecule has 2 aromatic heterocycles. The van der Waals surface area contributed by atoms with Gasteiger partial charge in [0.15, 0.2) is 0 Å². The minimum absolute atomic E-state index is 0.0411. The Morgan fingerprint density at radius 2 is 2.16 bits per heavy atom. The van der Waals surface area contributed by atoms with Crippen molar-refractivity contribution in [2.75, 3.05) is 0 Å². The summed E-state index contributed by atoms with van der Waals surface area (Å²) in [6.07, 6.45) is 1.76. The van der Waals surface area contributed by atoms with Crippen LogP contribution in [-0.2, 0) is 11.3 Å². The van der Waals surface area contributed by atoms with Gasteiger partial charge in [-0.15, -0.1) is 11.3 Å². The average molecular weight is 358 g/mol. The van der Waals surface area contributed by atoms with E-state index in [1.807, 2.05) is 20.8 Å². The second-order valence-corrected chi connectivity index (χ2v) is 7.15. The summed E-state index contributed by atoms with van der Waals surface area (Å²) in [6.45, 7) is 5.98. The Labute approximate surface area is 148 Å². The third kappa shape index (κ3) is 3.53. The van der Waals surface area contributed by atoms with Crippen molar-refractivity contribution in [3.8, 4) is 0 Å². The number of carbonyl (C=O) groups excluding carboxylic acids is 1. The van der Waals surface area contributed by atoms with E-state index in [-0.39, 0.29) is 24.2 Å². The van der Waals surface area contributed by atoms with Gasteiger partial charge in [0.25, 0.3) is 5.69 Å². The van der Waals surface area contributed by atoms with Gasteiger partial charge >= 0.3 is 0 Å². The first kappa shape index (κ1) is 17.1. The molecular weight excluding hydrogens is 340 g/mol. The summed E-state index contributed by atoms with van der Waals surface area (Å²) in [4.78, 5) is 28.2. The van der Waals surface area contributed by atoms with E-state index in [1.54, 1.807) is 34.2 Å². The van der Waals surface area contributed by atoms with Gasteiger partial charge in [0.2, 0.25) is 5.91 Å².